The van der Waals surface area contributed by atoms with Crippen molar-refractivity contribution in [3.63, 3.8) is 0 Å². The molecule has 0 fully saturated rings. The van der Waals surface area contributed by atoms with Crippen molar-refractivity contribution < 1.29 is 14.7 Å². The Hall–Kier alpha value is -2.76. The monoisotopic (exact) mass is 411 g/mol. The quantitative estimate of drug-likeness (QED) is 0.544. The van der Waals surface area contributed by atoms with E-state index in [2.05, 4.69) is 0 Å². The Balaban J connectivity index is 2.20. The number of halogens is 1. The van der Waals surface area contributed by atoms with E-state index in [1.807, 2.05) is 48.5 Å². The van der Waals surface area contributed by atoms with Crippen LogP contribution in [0.25, 0.3) is 0 Å². The van der Waals surface area contributed by atoms with Crippen LogP contribution in [-0.2, 0) is 4.79 Å². The first kappa shape index (κ1) is 20.0. The summed E-state index contributed by atoms with van der Waals surface area (Å²) >= 11 is 7.76. The van der Waals surface area contributed by atoms with Gasteiger partial charge in [-0.1, -0.05) is 53.7 Å². The minimum absolute atomic E-state index is 0.0246. The van der Waals surface area contributed by atoms with Gasteiger partial charge in [0.2, 0.25) is 5.91 Å². The van der Waals surface area contributed by atoms with Gasteiger partial charge in [0.05, 0.1) is 16.9 Å². The number of carbonyl (C=O) groups excluding carboxylic acids is 1. The second-order valence-electron chi connectivity index (χ2n) is 6.11. The Morgan fingerprint density at radius 3 is 2.25 bits per heavy atom. The highest BCUT2D eigenvalue weighted by molar-refractivity contribution is 7.99. The molecule has 28 heavy (non-hydrogen) atoms. The smallest absolute Gasteiger partial charge is 0.337 e. The lowest BCUT2D eigenvalue weighted by Crippen LogP contribution is -2.26. The number of hydrogen-bond donors (Lipinski definition) is 1. The van der Waals surface area contributed by atoms with Gasteiger partial charge < -0.3 is 5.11 Å². The second kappa shape index (κ2) is 8.50. The zero-order valence-electron chi connectivity index (χ0n) is 15.3. The van der Waals surface area contributed by atoms with Crippen molar-refractivity contribution in [3.8, 4) is 0 Å². The van der Waals surface area contributed by atoms with E-state index in [9.17, 15) is 14.7 Å². The van der Waals surface area contributed by atoms with Gasteiger partial charge in [-0.05, 0) is 48.9 Å². The van der Waals surface area contributed by atoms with E-state index in [1.54, 1.807) is 13.0 Å². The topological polar surface area (TPSA) is 57.6 Å². The first-order valence-corrected chi connectivity index (χ1v) is 9.74. The van der Waals surface area contributed by atoms with Gasteiger partial charge in [0.15, 0.2) is 0 Å². The molecule has 3 aromatic rings. The predicted octanol–water partition coefficient (Wildman–Crippen LogP) is 6.18. The molecule has 3 rings (SSSR count). The first-order valence-electron chi connectivity index (χ1n) is 8.55. The summed E-state index contributed by atoms with van der Waals surface area (Å²) < 4.78 is 0. The SMILES string of the molecule is CC(=O)N(c1ccccc1Sc1ccccc1)c1c(C(=O)O)ccc(Cl)c1C. The maximum absolute atomic E-state index is 12.7. The van der Waals surface area contributed by atoms with Crippen molar-refractivity contribution in [1.29, 1.82) is 0 Å². The van der Waals surface area contributed by atoms with Crippen molar-refractivity contribution in [1.82, 2.24) is 0 Å². The molecule has 0 unspecified atom stereocenters. The molecule has 0 aliphatic carbocycles. The Bertz CT molecular complexity index is 1040. The van der Waals surface area contributed by atoms with E-state index in [-0.39, 0.29) is 17.2 Å². The van der Waals surface area contributed by atoms with Crippen LogP contribution in [0.1, 0.15) is 22.8 Å². The molecule has 4 nitrogen and oxygen atoms in total. The summed E-state index contributed by atoms with van der Waals surface area (Å²) in [5, 5.41) is 10.1. The lowest BCUT2D eigenvalue weighted by atomic mass is 10.1. The fraction of sp³-hybridized carbons (Fsp3) is 0.0909. The molecule has 0 bridgehead atoms. The van der Waals surface area contributed by atoms with Gasteiger partial charge in [-0.25, -0.2) is 4.79 Å². The molecule has 0 saturated heterocycles. The van der Waals surface area contributed by atoms with Gasteiger partial charge in [0.1, 0.15) is 0 Å². The van der Waals surface area contributed by atoms with Crippen LogP contribution in [-0.4, -0.2) is 17.0 Å². The molecule has 0 aromatic heterocycles. The number of benzene rings is 3. The van der Waals surface area contributed by atoms with Crippen LogP contribution in [0.4, 0.5) is 11.4 Å². The highest BCUT2D eigenvalue weighted by atomic mass is 35.5. The summed E-state index contributed by atoms with van der Waals surface area (Å²) in [5.41, 5.74) is 1.46. The zero-order valence-corrected chi connectivity index (χ0v) is 16.9. The number of para-hydroxylation sites is 1. The Kier molecular flexibility index (Phi) is 6.07. The lowest BCUT2D eigenvalue weighted by molar-refractivity contribution is -0.115. The van der Waals surface area contributed by atoms with Crippen LogP contribution in [0.2, 0.25) is 5.02 Å². The van der Waals surface area contributed by atoms with Crippen molar-refractivity contribution in [3.05, 3.63) is 82.9 Å². The molecule has 0 spiro atoms. The third kappa shape index (κ3) is 4.06. The molecule has 0 saturated carbocycles. The minimum Gasteiger partial charge on any atom is -0.478 e. The summed E-state index contributed by atoms with van der Waals surface area (Å²) in [4.78, 5) is 27.8. The molecular weight excluding hydrogens is 394 g/mol. The predicted molar refractivity (Wildman–Crippen MR) is 113 cm³/mol. The van der Waals surface area contributed by atoms with Crippen molar-refractivity contribution in [2.75, 3.05) is 4.90 Å². The van der Waals surface area contributed by atoms with Crippen LogP contribution in [0, 0.1) is 6.92 Å². The maximum Gasteiger partial charge on any atom is 0.337 e. The molecule has 0 radical (unpaired) electrons. The first-order chi connectivity index (χ1) is 13.4. The molecule has 6 heteroatoms. The molecule has 1 N–H and O–H groups in total. The number of carboxylic acid groups (broad SMARTS) is 1. The third-order valence-electron chi connectivity index (χ3n) is 4.21. The van der Waals surface area contributed by atoms with E-state index in [0.717, 1.165) is 9.79 Å². The maximum atomic E-state index is 12.7. The molecular formula is C22H18ClNO3S. The molecule has 142 valence electrons. The van der Waals surface area contributed by atoms with Crippen molar-refractivity contribution >= 4 is 46.6 Å². The highest BCUT2D eigenvalue weighted by Crippen LogP contribution is 2.41. The zero-order chi connectivity index (χ0) is 20.3. The molecule has 3 aromatic carbocycles. The number of carboxylic acids is 1. The number of nitrogens with zero attached hydrogens (tertiary/aromatic N) is 1. The van der Waals surface area contributed by atoms with Crippen LogP contribution in [0.5, 0.6) is 0 Å². The molecule has 0 atom stereocenters. The average molecular weight is 412 g/mol. The molecule has 0 aliphatic heterocycles. The molecule has 0 aliphatic rings. The number of anilines is 2. The van der Waals surface area contributed by atoms with Gasteiger partial charge in [0, 0.05) is 21.7 Å². The third-order valence-corrected chi connectivity index (χ3v) is 5.69. The van der Waals surface area contributed by atoms with Crippen molar-refractivity contribution in [2.24, 2.45) is 0 Å². The summed E-state index contributed by atoms with van der Waals surface area (Å²) in [6, 6.07) is 20.2. The van der Waals surface area contributed by atoms with E-state index in [4.69, 9.17) is 11.6 Å². The van der Waals surface area contributed by atoms with Crippen LogP contribution < -0.4 is 4.90 Å². The summed E-state index contributed by atoms with van der Waals surface area (Å²) in [6.45, 7) is 3.13. The average Bonchev–Trinajstić information content (AvgIpc) is 2.67. The number of amides is 1. The minimum atomic E-state index is -1.12. The fourth-order valence-electron chi connectivity index (χ4n) is 2.93. The number of aromatic carboxylic acids is 1. The van der Waals surface area contributed by atoms with Gasteiger partial charge >= 0.3 is 5.97 Å². The van der Waals surface area contributed by atoms with Crippen molar-refractivity contribution in [2.45, 2.75) is 23.6 Å². The Morgan fingerprint density at radius 1 is 0.964 bits per heavy atom. The van der Waals surface area contributed by atoms with E-state index < -0.39 is 5.97 Å². The van der Waals surface area contributed by atoms with Gasteiger partial charge in [-0.15, -0.1) is 0 Å². The van der Waals surface area contributed by atoms with Crippen LogP contribution in [0.15, 0.2) is 76.5 Å². The Labute approximate surface area is 172 Å². The summed E-state index contributed by atoms with van der Waals surface area (Å²) in [7, 11) is 0. The molecule has 1 amide bonds. The van der Waals surface area contributed by atoms with Crippen LogP contribution >= 0.6 is 23.4 Å². The van der Waals surface area contributed by atoms with Gasteiger partial charge in [0.25, 0.3) is 0 Å². The highest BCUT2D eigenvalue weighted by Gasteiger charge is 2.26. The van der Waals surface area contributed by atoms with Gasteiger partial charge in [-0.2, -0.15) is 0 Å². The normalized spacial score (nSPS) is 10.5. The number of carbonyl (C=O) groups is 2. The van der Waals surface area contributed by atoms with E-state index in [1.165, 1.54) is 35.7 Å². The number of rotatable bonds is 5. The summed E-state index contributed by atoms with van der Waals surface area (Å²) in [6.07, 6.45) is 0. The summed E-state index contributed by atoms with van der Waals surface area (Å²) in [5.74, 6) is -1.41. The fourth-order valence-corrected chi connectivity index (χ4v) is 4.04. The molecule has 0 heterocycles. The van der Waals surface area contributed by atoms with E-state index in [0.29, 0.717) is 16.3 Å². The largest absolute Gasteiger partial charge is 0.478 e. The second-order valence-corrected chi connectivity index (χ2v) is 7.63. The lowest BCUT2D eigenvalue weighted by Gasteiger charge is -2.27. The number of hydrogen-bond acceptors (Lipinski definition) is 3. The van der Waals surface area contributed by atoms with E-state index >= 15 is 0 Å². The standard InChI is InChI=1S/C22H18ClNO3S/c1-14-18(23)13-12-17(22(26)27)21(14)24(15(2)25)19-10-6-7-11-20(19)28-16-8-4-3-5-9-16/h3-13H,1-2H3,(H,26,27). The van der Waals surface area contributed by atoms with Gasteiger partial charge in [-0.3, -0.25) is 9.69 Å². The van der Waals surface area contributed by atoms with Crippen LogP contribution in [0.3, 0.4) is 0 Å². The Morgan fingerprint density at radius 2 is 1.61 bits per heavy atom.